The smallest absolute Gasteiger partial charge is 0.248 e. The van der Waals surface area contributed by atoms with E-state index in [-0.39, 0.29) is 43.3 Å². The van der Waals surface area contributed by atoms with Crippen molar-refractivity contribution in [2.24, 2.45) is 0 Å². The minimum absolute atomic E-state index is 0.0671. The summed E-state index contributed by atoms with van der Waals surface area (Å²) in [5.41, 5.74) is 4.08. The number of hydrogen-bond acceptors (Lipinski definition) is 4. The van der Waals surface area contributed by atoms with Gasteiger partial charge in [0.1, 0.15) is 5.75 Å². The summed E-state index contributed by atoms with van der Waals surface area (Å²) in [4.78, 5) is 15.8. The minimum atomic E-state index is -3.48. The predicted molar refractivity (Wildman–Crippen MR) is 119 cm³/mol. The molecule has 174 valence electrons. The Hall–Kier alpha value is -2.42. The Balaban J connectivity index is 1.74. The number of halogens is 2. The van der Waals surface area contributed by atoms with Crippen LogP contribution in [0.2, 0.25) is 0 Å². The maximum absolute atomic E-state index is 13.6. The van der Waals surface area contributed by atoms with E-state index in [1.165, 1.54) is 0 Å². The van der Waals surface area contributed by atoms with Crippen LogP contribution < -0.4 is 9.46 Å². The average Bonchev–Trinajstić information content (AvgIpc) is 3.08. The Morgan fingerprint density at radius 2 is 1.94 bits per heavy atom. The number of ketones is 1. The number of hydrogen-bond donors (Lipinski definition) is 2. The topological polar surface area (TPSA) is 88.3 Å². The van der Waals surface area contributed by atoms with E-state index in [0.29, 0.717) is 29.0 Å². The Labute approximate surface area is 186 Å². The molecule has 0 aliphatic heterocycles. The van der Waals surface area contributed by atoms with Crippen molar-refractivity contribution < 1.29 is 26.7 Å². The lowest BCUT2D eigenvalue weighted by Crippen LogP contribution is -2.30. The van der Waals surface area contributed by atoms with E-state index in [4.69, 9.17) is 4.74 Å². The van der Waals surface area contributed by atoms with Gasteiger partial charge in [-0.3, -0.25) is 9.52 Å². The number of carbonyl (C=O) groups is 1. The number of benzene rings is 1. The number of ether oxygens (including phenoxy) is 1. The lowest BCUT2D eigenvalue weighted by Gasteiger charge is -2.29. The van der Waals surface area contributed by atoms with E-state index in [1.54, 1.807) is 25.1 Å². The van der Waals surface area contributed by atoms with Crippen LogP contribution in [0.5, 0.6) is 5.75 Å². The normalized spacial score (nSPS) is 18.9. The van der Waals surface area contributed by atoms with Gasteiger partial charge >= 0.3 is 0 Å². The van der Waals surface area contributed by atoms with Gasteiger partial charge in [-0.25, -0.2) is 17.2 Å². The Bertz CT molecular complexity index is 1130. The van der Waals surface area contributed by atoms with E-state index >= 15 is 0 Å². The van der Waals surface area contributed by atoms with Gasteiger partial charge in [0.05, 0.1) is 17.6 Å². The summed E-state index contributed by atoms with van der Waals surface area (Å²) in [5.74, 6) is -2.14. The molecule has 2 aromatic rings. The molecule has 6 nitrogen and oxygen atoms in total. The lowest BCUT2D eigenvalue weighted by molar-refractivity contribution is -0.0581. The average molecular weight is 467 g/mol. The molecule has 1 fully saturated rings. The zero-order chi connectivity index (χ0) is 23.1. The van der Waals surface area contributed by atoms with Crippen LogP contribution in [0.25, 0.3) is 11.3 Å². The molecule has 2 aliphatic carbocycles. The molecule has 2 aliphatic rings. The number of rotatable bonds is 6. The van der Waals surface area contributed by atoms with E-state index in [1.807, 2.05) is 6.92 Å². The van der Waals surface area contributed by atoms with Crippen molar-refractivity contribution in [2.75, 3.05) is 10.5 Å². The van der Waals surface area contributed by atoms with E-state index in [9.17, 15) is 22.0 Å². The first kappa shape index (κ1) is 22.8. The molecule has 0 radical (unpaired) electrons. The Kier molecular flexibility index (Phi) is 6.04. The monoisotopic (exact) mass is 466 g/mol. The van der Waals surface area contributed by atoms with Crippen molar-refractivity contribution in [3.8, 4) is 17.0 Å². The third-order valence-electron chi connectivity index (χ3n) is 6.26. The highest BCUT2D eigenvalue weighted by Crippen LogP contribution is 2.41. The van der Waals surface area contributed by atoms with Crippen molar-refractivity contribution in [1.82, 2.24) is 4.98 Å². The number of nitrogens with one attached hydrogen (secondary N) is 2. The summed E-state index contributed by atoms with van der Waals surface area (Å²) in [7, 11) is -3.48. The minimum Gasteiger partial charge on any atom is -0.490 e. The molecule has 1 aromatic heterocycles. The van der Waals surface area contributed by atoms with Crippen LogP contribution in [0.3, 0.4) is 0 Å². The van der Waals surface area contributed by atoms with Gasteiger partial charge in [-0.15, -0.1) is 0 Å². The van der Waals surface area contributed by atoms with Crippen LogP contribution in [0.4, 0.5) is 14.5 Å². The number of carbonyl (C=O) groups excluding carboxylic acids is 1. The van der Waals surface area contributed by atoms with Crippen LogP contribution in [0.15, 0.2) is 18.2 Å². The second-order valence-corrected chi connectivity index (χ2v) is 10.7. The molecular weight excluding hydrogens is 438 g/mol. The number of aromatic amines is 1. The van der Waals surface area contributed by atoms with Crippen molar-refractivity contribution in [2.45, 2.75) is 70.8 Å². The second-order valence-electron chi connectivity index (χ2n) is 8.64. The van der Waals surface area contributed by atoms with Gasteiger partial charge in [-0.2, -0.15) is 0 Å². The molecule has 0 atom stereocenters. The maximum Gasteiger partial charge on any atom is 0.248 e. The number of alkyl halides is 2. The first-order valence-corrected chi connectivity index (χ1v) is 12.7. The lowest BCUT2D eigenvalue weighted by atomic mass is 9.89. The molecule has 0 unspecified atom stereocenters. The van der Waals surface area contributed by atoms with Gasteiger partial charge < -0.3 is 9.72 Å². The largest absolute Gasteiger partial charge is 0.490 e. The fourth-order valence-electron chi connectivity index (χ4n) is 4.54. The molecule has 0 amide bonds. The quantitative estimate of drug-likeness (QED) is 0.610. The molecule has 1 heterocycles. The number of sulfonamides is 1. The number of anilines is 1. The summed E-state index contributed by atoms with van der Waals surface area (Å²) in [6.07, 6.45) is 1.68. The number of fused-ring (bicyclic) bond motifs is 1. The van der Waals surface area contributed by atoms with Crippen molar-refractivity contribution in [1.29, 1.82) is 0 Å². The first-order chi connectivity index (χ1) is 15.1. The number of Topliss-reactive ketones (excluding diaryl/α,β-unsaturated/α-hetero) is 1. The summed E-state index contributed by atoms with van der Waals surface area (Å²) >= 11 is 0. The Morgan fingerprint density at radius 1 is 1.22 bits per heavy atom. The number of aryl methyl sites for hydroxylation is 1. The summed E-state index contributed by atoms with van der Waals surface area (Å²) in [6, 6.07) is 4.96. The standard InChI is InChI=1S/C23H28F2N2O4S/c1-3-32(29,30)27-15-7-8-20(31-16-9-11-23(24,25)12-10-16)18(13-15)22-17-5-4-6-19(28)21(17)14(2)26-22/h7-8,13,16,26-27H,3-6,9-12H2,1-2H3. The molecule has 4 rings (SSSR count). The van der Waals surface area contributed by atoms with Crippen LogP contribution in [0.1, 0.15) is 67.1 Å². The summed E-state index contributed by atoms with van der Waals surface area (Å²) in [6.45, 7) is 3.40. The predicted octanol–water partition coefficient (Wildman–Crippen LogP) is 5.23. The van der Waals surface area contributed by atoms with Gasteiger partial charge in [-0.1, -0.05) is 0 Å². The zero-order valence-corrected chi connectivity index (χ0v) is 19.1. The van der Waals surface area contributed by atoms with Gasteiger partial charge in [-0.05, 0) is 63.3 Å². The molecule has 2 N–H and O–H groups in total. The highest BCUT2D eigenvalue weighted by atomic mass is 32.2. The molecule has 9 heteroatoms. The summed E-state index contributed by atoms with van der Waals surface area (Å²) < 4.78 is 60.0. The van der Waals surface area contributed by atoms with E-state index in [0.717, 1.165) is 29.8 Å². The number of aromatic nitrogens is 1. The second kappa shape index (κ2) is 8.50. The van der Waals surface area contributed by atoms with E-state index in [2.05, 4.69) is 9.71 Å². The molecule has 0 bridgehead atoms. The SMILES string of the molecule is CCS(=O)(=O)Nc1ccc(OC2CCC(F)(F)CC2)c(-c2[nH]c(C)c3c2CCCC3=O)c1. The third kappa shape index (κ3) is 4.67. The maximum atomic E-state index is 13.6. The molecule has 0 saturated heterocycles. The van der Waals surface area contributed by atoms with Crippen LogP contribution in [0, 0.1) is 6.92 Å². The van der Waals surface area contributed by atoms with Crippen molar-refractivity contribution >= 4 is 21.5 Å². The van der Waals surface area contributed by atoms with Crippen molar-refractivity contribution in [3.05, 3.63) is 35.0 Å². The fraction of sp³-hybridized carbons (Fsp3) is 0.522. The zero-order valence-electron chi connectivity index (χ0n) is 18.3. The van der Waals surface area contributed by atoms with Gasteiger partial charge in [0.15, 0.2) is 5.78 Å². The number of H-pyrrole nitrogens is 1. The Morgan fingerprint density at radius 3 is 2.62 bits per heavy atom. The third-order valence-corrected chi connectivity index (χ3v) is 7.57. The fourth-order valence-corrected chi connectivity index (χ4v) is 5.17. The van der Waals surface area contributed by atoms with Gasteiger partial charge in [0.25, 0.3) is 0 Å². The van der Waals surface area contributed by atoms with Crippen LogP contribution in [-0.4, -0.2) is 37.0 Å². The molecule has 0 spiro atoms. The molecular formula is C23H28F2N2O4S. The summed E-state index contributed by atoms with van der Waals surface area (Å²) in [5, 5.41) is 0. The van der Waals surface area contributed by atoms with Crippen molar-refractivity contribution in [3.63, 3.8) is 0 Å². The van der Waals surface area contributed by atoms with E-state index < -0.39 is 15.9 Å². The van der Waals surface area contributed by atoms with Crippen LogP contribution >= 0.6 is 0 Å². The van der Waals surface area contributed by atoms with Gasteiger partial charge in [0, 0.05) is 41.8 Å². The molecule has 32 heavy (non-hydrogen) atoms. The highest BCUT2D eigenvalue weighted by molar-refractivity contribution is 7.92. The highest BCUT2D eigenvalue weighted by Gasteiger charge is 2.36. The molecule has 1 saturated carbocycles. The molecule has 1 aromatic carbocycles. The van der Waals surface area contributed by atoms with Crippen LogP contribution in [-0.2, 0) is 16.4 Å². The first-order valence-electron chi connectivity index (χ1n) is 11.0. The van der Waals surface area contributed by atoms with Gasteiger partial charge in [0.2, 0.25) is 15.9 Å².